The lowest BCUT2D eigenvalue weighted by atomic mass is 9.98. The van der Waals surface area contributed by atoms with Gasteiger partial charge in [0, 0.05) is 38.2 Å². The molecule has 0 bridgehead atoms. The number of nitrogens with one attached hydrogen (secondary N) is 1. The first-order valence-corrected chi connectivity index (χ1v) is 6.59. The number of likely N-dealkylation sites (tertiary alicyclic amines) is 1. The SMILES string of the molecule is COCC1CCN(C(=O)Nc2ccc(N)cc2)CC1. The fraction of sp³-hybridized carbons (Fsp3) is 0.500. The Hall–Kier alpha value is -1.75. The first kappa shape index (κ1) is 13.7. The minimum absolute atomic E-state index is 0.0411. The molecular weight excluding hydrogens is 242 g/mol. The van der Waals surface area contributed by atoms with E-state index in [1.165, 1.54) is 0 Å². The number of anilines is 2. The highest BCUT2D eigenvalue weighted by Crippen LogP contribution is 2.18. The van der Waals surface area contributed by atoms with Gasteiger partial charge in [0.25, 0.3) is 0 Å². The van der Waals surface area contributed by atoms with Gasteiger partial charge < -0.3 is 20.7 Å². The molecule has 1 aliphatic heterocycles. The van der Waals surface area contributed by atoms with Crippen LogP contribution in [0.1, 0.15) is 12.8 Å². The zero-order valence-corrected chi connectivity index (χ0v) is 11.3. The van der Waals surface area contributed by atoms with Gasteiger partial charge in [0.15, 0.2) is 0 Å². The van der Waals surface area contributed by atoms with E-state index in [2.05, 4.69) is 5.32 Å². The average Bonchev–Trinajstić information content (AvgIpc) is 2.42. The van der Waals surface area contributed by atoms with Crippen LogP contribution in [0.25, 0.3) is 0 Å². The first-order chi connectivity index (χ1) is 9.19. The standard InChI is InChI=1S/C14H21N3O2/c1-19-10-11-6-8-17(9-7-11)14(18)16-13-4-2-12(15)3-5-13/h2-5,11H,6-10,15H2,1H3,(H,16,18). The van der Waals surface area contributed by atoms with Crippen molar-refractivity contribution in [3.8, 4) is 0 Å². The first-order valence-electron chi connectivity index (χ1n) is 6.59. The molecule has 1 aromatic rings. The predicted molar refractivity (Wildman–Crippen MR) is 76.0 cm³/mol. The van der Waals surface area contributed by atoms with Crippen molar-refractivity contribution >= 4 is 17.4 Å². The average molecular weight is 263 g/mol. The molecule has 3 N–H and O–H groups in total. The quantitative estimate of drug-likeness (QED) is 0.821. The Morgan fingerprint density at radius 1 is 1.37 bits per heavy atom. The number of nitrogens with two attached hydrogens (primary N) is 1. The number of hydrogen-bond donors (Lipinski definition) is 2. The predicted octanol–water partition coefficient (Wildman–Crippen LogP) is 2.16. The summed E-state index contributed by atoms with van der Waals surface area (Å²) in [5.74, 6) is 0.575. The zero-order valence-electron chi connectivity index (χ0n) is 11.3. The van der Waals surface area contributed by atoms with Gasteiger partial charge in [-0.15, -0.1) is 0 Å². The number of urea groups is 1. The molecule has 1 saturated heterocycles. The molecule has 0 radical (unpaired) electrons. The molecule has 2 amide bonds. The van der Waals surface area contributed by atoms with Crippen LogP contribution in [0.4, 0.5) is 16.2 Å². The smallest absolute Gasteiger partial charge is 0.321 e. The number of piperidine rings is 1. The number of rotatable bonds is 3. The van der Waals surface area contributed by atoms with Gasteiger partial charge in [-0.1, -0.05) is 0 Å². The molecule has 0 unspecified atom stereocenters. The third kappa shape index (κ3) is 3.86. The van der Waals surface area contributed by atoms with E-state index in [1.54, 1.807) is 19.2 Å². The third-order valence-electron chi connectivity index (χ3n) is 3.47. The summed E-state index contributed by atoms with van der Waals surface area (Å²) in [6.07, 6.45) is 2.01. The van der Waals surface area contributed by atoms with Crippen molar-refractivity contribution in [2.24, 2.45) is 5.92 Å². The highest BCUT2D eigenvalue weighted by atomic mass is 16.5. The summed E-state index contributed by atoms with van der Waals surface area (Å²) >= 11 is 0. The largest absolute Gasteiger partial charge is 0.399 e. The van der Waals surface area contributed by atoms with Crippen LogP contribution in [-0.4, -0.2) is 37.7 Å². The molecule has 1 aliphatic rings. The van der Waals surface area contributed by atoms with Crippen molar-refractivity contribution in [3.05, 3.63) is 24.3 Å². The van der Waals surface area contributed by atoms with Crippen LogP contribution in [0.3, 0.4) is 0 Å². The van der Waals surface area contributed by atoms with Crippen LogP contribution in [0.2, 0.25) is 0 Å². The minimum atomic E-state index is -0.0411. The Labute approximate surface area is 113 Å². The van der Waals surface area contributed by atoms with Gasteiger partial charge in [0.1, 0.15) is 0 Å². The van der Waals surface area contributed by atoms with Crippen molar-refractivity contribution in [1.82, 2.24) is 4.90 Å². The second-order valence-corrected chi connectivity index (χ2v) is 4.94. The van der Waals surface area contributed by atoms with E-state index < -0.39 is 0 Å². The molecule has 5 nitrogen and oxygen atoms in total. The Balaban J connectivity index is 1.83. The van der Waals surface area contributed by atoms with Crippen LogP contribution in [0.15, 0.2) is 24.3 Å². The van der Waals surface area contributed by atoms with Gasteiger partial charge in [-0.05, 0) is 43.0 Å². The molecule has 5 heteroatoms. The van der Waals surface area contributed by atoms with Crippen molar-refractivity contribution in [2.45, 2.75) is 12.8 Å². The van der Waals surface area contributed by atoms with Crippen LogP contribution in [0.5, 0.6) is 0 Å². The Morgan fingerprint density at radius 2 is 2.00 bits per heavy atom. The number of methoxy groups -OCH3 is 1. The number of nitrogens with zero attached hydrogens (tertiary/aromatic N) is 1. The number of ether oxygens (including phenoxy) is 1. The molecule has 0 spiro atoms. The molecule has 1 fully saturated rings. The van der Waals surface area contributed by atoms with Crippen molar-refractivity contribution in [1.29, 1.82) is 0 Å². The van der Waals surface area contributed by atoms with E-state index in [0.29, 0.717) is 11.6 Å². The summed E-state index contributed by atoms with van der Waals surface area (Å²) in [6, 6.07) is 7.14. The van der Waals surface area contributed by atoms with Gasteiger partial charge >= 0.3 is 6.03 Å². The molecule has 104 valence electrons. The van der Waals surface area contributed by atoms with E-state index in [4.69, 9.17) is 10.5 Å². The van der Waals surface area contributed by atoms with E-state index in [0.717, 1.165) is 38.2 Å². The summed E-state index contributed by atoms with van der Waals surface area (Å²) < 4.78 is 5.15. The second-order valence-electron chi connectivity index (χ2n) is 4.94. The summed E-state index contributed by atoms with van der Waals surface area (Å²) in [5, 5.41) is 2.89. The van der Waals surface area contributed by atoms with Crippen molar-refractivity contribution in [3.63, 3.8) is 0 Å². The van der Waals surface area contributed by atoms with E-state index in [9.17, 15) is 4.79 Å². The molecule has 1 aromatic carbocycles. The van der Waals surface area contributed by atoms with E-state index >= 15 is 0 Å². The lowest BCUT2D eigenvalue weighted by Crippen LogP contribution is -2.41. The molecule has 1 heterocycles. The molecule has 2 rings (SSSR count). The molecule has 0 saturated carbocycles. The second kappa shape index (κ2) is 6.43. The van der Waals surface area contributed by atoms with Crippen LogP contribution < -0.4 is 11.1 Å². The Bertz CT molecular complexity index is 411. The van der Waals surface area contributed by atoms with E-state index in [1.807, 2.05) is 17.0 Å². The number of benzene rings is 1. The summed E-state index contributed by atoms with van der Waals surface area (Å²) in [7, 11) is 1.72. The highest BCUT2D eigenvalue weighted by Gasteiger charge is 2.22. The number of hydrogen-bond acceptors (Lipinski definition) is 3. The number of amides is 2. The summed E-state index contributed by atoms with van der Waals surface area (Å²) in [5.41, 5.74) is 7.08. The van der Waals surface area contributed by atoms with Gasteiger partial charge in [-0.25, -0.2) is 4.79 Å². The van der Waals surface area contributed by atoms with Crippen LogP contribution in [-0.2, 0) is 4.74 Å². The maximum Gasteiger partial charge on any atom is 0.321 e. The third-order valence-corrected chi connectivity index (χ3v) is 3.47. The maximum atomic E-state index is 12.1. The molecular formula is C14H21N3O2. The monoisotopic (exact) mass is 263 g/mol. The zero-order chi connectivity index (χ0) is 13.7. The molecule has 0 aromatic heterocycles. The molecule has 19 heavy (non-hydrogen) atoms. The van der Waals surface area contributed by atoms with Crippen molar-refractivity contribution < 1.29 is 9.53 Å². The highest BCUT2D eigenvalue weighted by molar-refractivity contribution is 5.89. The van der Waals surface area contributed by atoms with Crippen molar-refractivity contribution in [2.75, 3.05) is 37.9 Å². The van der Waals surface area contributed by atoms with Gasteiger partial charge in [-0.3, -0.25) is 0 Å². The normalized spacial score (nSPS) is 16.4. The topological polar surface area (TPSA) is 67.6 Å². The summed E-state index contributed by atoms with van der Waals surface area (Å²) in [4.78, 5) is 13.9. The van der Waals surface area contributed by atoms with Crippen LogP contribution in [0, 0.1) is 5.92 Å². The number of nitrogen functional groups attached to an aromatic ring is 1. The number of carbonyl (C=O) groups is 1. The van der Waals surface area contributed by atoms with Gasteiger partial charge in [0.2, 0.25) is 0 Å². The molecule has 0 aliphatic carbocycles. The lowest BCUT2D eigenvalue weighted by molar-refractivity contribution is 0.110. The van der Waals surface area contributed by atoms with Gasteiger partial charge in [0.05, 0.1) is 0 Å². The van der Waals surface area contributed by atoms with Crippen LogP contribution >= 0.6 is 0 Å². The fourth-order valence-electron chi connectivity index (χ4n) is 2.31. The fourth-order valence-corrected chi connectivity index (χ4v) is 2.31. The minimum Gasteiger partial charge on any atom is -0.399 e. The Kier molecular flexibility index (Phi) is 4.63. The summed E-state index contributed by atoms with van der Waals surface area (Å²) in [6.45, 7) is 2.36. The van der Waals surface area contributed by atoms with E-state index in [-0.39, 0.29) is 6.03 Å². The van der Waals surface area contributed by atoms with Gasteiger partial charge in [-0.2, -0.15) is 0 Å². The molecule has 0 atom stereocenters. The number of carbonyl (C=O) groups excluding carboxylic acids is 1. The maximum absolute atomic E-state index is 12.1. The lowest BCUT2D eigenvalue weighted by Gasteiger charge is -2.31. The Morgan fingerprint density at radius 3 is 2.58 bits per heavy atom.